The molecule has 1 aromatic carbocycles. The van der Waals surface area contributed by atoms with Crippen LogP contribution in [0.5, 0.6) is 0 Å². The van der Waals surface area contributed by atoms with Gasteiger partial charge in [0.05, 0.1) is 5.02 Å². The molecule has 0 aliphatic carbocycles. The smallest absolute Gasteiger partial charge is 0.192 e. The molecule has 2 aromatic rings. The number of rotatable bonds is 0. The zero-order valence-corrected chi connectivity index (χ0v) is 9.53. The molecule has 13 heavy (non-hydrogen) atoms. The van der Waals surface area contributed by atoms with Crippen molar-refractivity contribution in [3.8, 4) is 0 Å². The molecule has 0 bridgehead atoms. The summed E-state index contributed by atoms with van der Waals surface area (Å²) >= 11 is 9.39. The van der Waals surface area contributed by atoms with Gasteiger partial charge in [0.25, 0.3) is 0 Å². The second-order valence-corrected chi connectivity index (χ2v) is 4.14. The first-order valence-corrected chi connectivity index (χ1v) is 4.98. The summed E-state index contributed by atoms with van der Waals surface area (Å²) < 4.78 is 6.33. The summed E-state index contributed by atoms with van der Waals surface area (Å²) in [6.07, 6.45) is 0. The molecule has 0 spiro atoms. The average Bonchev–Trinajstić information content (AvgIpc) is 2.44. The number of hydrogen-bond donors (Lipinski definition) is 0. The predicted octanol–water partition coefficient (Wildman–Crippen LogP) is 3.86. The number of benzene rings is 1. The summed E-state index contributed by atoms with van der Waals surface area (Å²) in [7, 11) is 0. The number of aromatic nitrogens is 1. The summed E-state index contributed by atoms with van der Waals surface area (Å²) in [6.45, 7) is 3.79. The Morgan fingerprint density at radius 1 is 1.46 bits per heavy atom. The largest absolute Gasteiger partial charge is 0.439 e. The Kier molecular flexibility index (Phi) is 2.08. The van der Waals surface area contributed by atoms with E-state index in [2.05, 4.69) is 20.9 Å². The molecule has 0 atom stereocenters. The van der Waals surface area contributed by atoms with E-state index in [1.54, 1.807) is 0 Å². The standard InChI is InChI=1S/C9H7BrClNO/c1-4-6(10)3-7(11)9-8(4)12-5(2)13-9/h3H,1-2H3. The van der Waals surface area contributed by atoms with E-state index in [-0.39, 0.29) is 0 Å². The van der Waals surface area contributed by atoms with Crippen molar-refractivity contribution in [3.63, 3.8) is 0 Å². The Bertz CT molecular complexity index is 478. The van der Waals surface area contributed by atoms with Crippen LogP contribution in [-0.2, 0) is 0 Å². The molecule has 4 heteroatoms. The Morgan fingerprint density at radius 3 is 2.85 bits per heavy atom. The molecule has 2 nitrogen and oxygen atoms in total. The third-order valence-electron chi connectivity index (χ3n) is 1.92. The van der Waals surface area contributed by atoms with Gasteiger partial charge in [0.15, 0.2) is 11.5 Å². The third-order valence-corrected chi connectivity index (χ3v) is 3.02. The summed E-state index contributed by atoms with van der Waals surface area (Å²) in [5.41, 5.74) is 2.55. The van der Waals surface area contributed by atoms with Gasteiger partial charge in [-0.1, -0.05) is 27.5 Å². The lowest BCUT2D eigenvalue weighted by Gasteiger charge is -1.98. The monoisotopic (exact) mass is 259 g/mol. The molecule has 0 saturated heterocycles. The van der Waals surface area contributed by atoms with Gasteiger partial charge in [-0.15, -0.1) is 0 Å². The SMILES string of the molecule is Cc1nc2c(C)c(Br)cc(Cl)c2o1. The van der Waals surface area contributed by atoms with Crippen molar-refractivity contribution < 1.29 is 4.42 Å². The van der Waals surface area contributed by atoms with E-state index in [9.17, 15) is 0 Å². The minimum atomic E-state index is 0.591. The van der Waals surface area contributed by atoms with Gasteiger partial charge in [-0.25, -0.2) is 4.98 Å². The van der Waals surface area contributed by atoms with E-state index >= 15 is 0 Å². The van der Waals surface area contributed by atoms with Crippen LogP contribution in [0.4, 0.5) is 0 Å². The van der Waals surface area contributed by atoms with Gasteiger partial charge in [0.1, 0.15) is 5.52 Å². The molecular formula is C9H7BrClNO. The van der Waals surface area contributed by atoms with Crippen LogP contribution >= 0.6 is 27.5 Å². The lowest BCUT2D eigenvalue weighted by atomic mass is 10.2. The fourth-order valence-electron chi connectivity index (χ4n) is 1.24. The zero-order valence-electron chi connectivity index (χ0n) is 7.19. The average molecular weight is 261 g/mol. The maximum Gasteiger partial charge on any atom is 0.192 e. The van der Waals surface area contributed by atoms with Crippen LogP contribution in [0.1, 0.15) is 11.5 Å². The highest BCUT2D eigenvalue weighted by Crippen LogP contribution is 2.32. The van der Waals surface area contributed by atoms with E-state index in [1.807, 2.05) is 19.9 Å². The van der Waals surface area contributed by atoms with E-state index in [0.717, 1.165) is 15.6 Å². The second-order valence-electron chi connectivity index (χ2n) is 2.88. The first-order valence-electron chi connectivity index (χ1n) is 3.81. The van der Waals surface area contributed by atoms with Gasteiger partial charge < -0.3 is 4.42 Å². The maximum absolute atomic E-state index is 5.98. The van der Waals surface area contributed by atoms with Crippen LogP contribution in [0, 0.1) is 13.8 Å². The number of aryl methyl sites for hydroxylation is 2. The van der Waals surface area contributed by atoms with Crippen molar-refractivity contribution in [2.45, 2.75) is 13.8 Å². The summed E-state index contributed by atoms with van der Waals surface area (Å²) in [6, 6.07) is 1.82. The molecule has 68 valence electrons. The van der Waals surface area contributed by atoms with E-state index in [4.69, 9.17) is 16.0 Å². The highest BCUT2D eigenvalue weighted by atomic mass is 79.9. The summed E-state index contributed by atoms with van der Waals surface area (Å²) in [5, 5.41) is 0.591. The highest BCUT2D eigenvalue weighted by Gasteiger charge is 2.11. The fraction of sp³-hybridized carbons (Fsp3) is 0.222. The molecule has 1 heterocycles. The normalized spacial score (nSPS) is 11.1. The van der Waals surface area contributed by atoms with Crippen LogP contribution in [-0.4, -0.2) is 4.98 Å². The van der Waals surface area contributed by atoms with Crippen LogP contribution in [0.25, 0.3) is 11.1 Å². The predicted molar refractivity (Wildman–Crippen MR) is 56.2 cm³/mol. The van der Waals surface area contributed by atoms with Crippen molar-refractivity contribution in [1.29, 1.82) is 0 Å². The molecule has 0 saturated carbocycles. The summed E-state index contributed by atoms with van der Waals surface area (Å²) in [4.78, 5) is 4.25. The van der Waals surface area contributed by atoms with Crippen molar-refractivity contribution in [2.24, 2.45) is 0 Å². The molecule has 0 amide bonds. The molecule has 0 unspecified atom stereocenters. The molecule has 1 aromatic heterocycles. The van der Waals surface area contributed by atoms with Crippen molar-refractivity contribution in [1.82, 2.24) is 4.98 Å². The van der Waals surface area contributed by atoms with E-state index in [0.29, 0.717) is 16.5 Å². The number of fused-ring (bicyclic) bond motifs is 1. The second kappa shape index (κ2) is 3.00. The van der Waals surface area contributed by atoms with E-state index in [1.165, 1.54) is 0 Å². The highest BCUT2D eigenvalue weighted by molar-refractivity contribution is 9.10. The van der Waals surface area contributed by atoms with Gasteiger partial charge in [0, 0.05) is 11.4 Å². The first kappa shape index (κ1) is 9.03. The van der Waals surface area contributed by atoms with Gasteiger partial charge in [-0.2, -0.15) is 0 Å². The van der Waals surface area contributed by atoms with Crippen molar-refractivity contribution in [3.05, 3.63) is 27.0 Å². The first-order chi connectivity index (χ1) is 6.09. The Balaban J connectivity index is 2.95. The lowest BCUT2D eigenvalue weighted by Crippen LogP contribution is -1.80. The summed E-state index contributed by atoms with van der Waals surface area (Å²) in [5.74, 6) is 0.637. The number of nitrogens with zero attached hydrogens (tertiary/aromatic N) is 1. The van der Waals surface area contributed by atoms with Crippen LogP contribution < -0.4 is 0 Å². The fourth-order valence-corrected chi connectivity index (χ4v) is 2.03. The quantitative estimate of drug-likeness (QED) is 0.719. The Labute approximate surface area is 89.0 Å². The molecule has 0 aliphatic rings. The minimum Gasteiger partial charge on any atom is -0.439 e. The molecule has 0 N–H and O–H groups in total. The Hall–Kier alpha value is -0.540. The van der Waals surface area contributed by atoms with E-state index < -0.39 is 0 Å². The maximum atomic E-state index is 5.98. The van der Waals surface area contributed by atoms with Crippen molar-refractivity contribution >= 4 is 38.6 Å². The van der Waals surface area contributed by atoms with Gasteiger partial charge in [-0.3, -0.25) is 0 Å². The van der Waals surface area contributed by atoms with Gasteiger partial charge in [-0.05, 0) is 18.6 Å². The number of oxazole rings is 1. The van der Waals surface area contributed by atoms with Crippen LogP contribution in [0.2, 0.25) is 5.02 Å². The zero-order chi connectivity index (χ0) is 9.59. The number of halogens is 2. The molecule has 0 radical (unpaired) electrons. The topological polar surface area (TPSA) is 26.0 Å². The van der Waals surface area contributed by atoms with Crippen LogP contribution in [0.15, 0.2) is 15.0 Å². The molecule has 0 fully saturated rings. The van der Waals surface area contributed by atoms with Crippen LogP contribution in [0.3, 0.4) is 0 Å². The van der Waals surface area contributed by atoms with Gasteiger partial charge >= 0.3 is 0 Å². The van der Waals surface area contributed by atoms with Gasteiger partial charge in [0.2, 0.25) is 0 Å². The number of hydrogen-bond acceptors (Lipinski definition) is 2. The third kappa shape index (κ3) is 1.36. The molecular weight excluding hydrogens is 253 g/mol. The Morgan fingerprint density at radius 2 is 2.15 bits per heavy atom. The molecule has 0 aliphatic heterocycles. The lowest BCUT2D eigenvalue weighted by molar-refractivity contribution is 0.561. The van der Waals surface area contributed by atoms with Crippen molar-refractivity contribution in [2.75, 3.05) is 0 Å². The molecule has 2 rings (SSSR count). The minimum absolute atomic E-state index is 0.591.